The normalized spacial score (nSPS) is 20.4. The molecular formula is C15H22ClNO. The van der Waals surface area contributed by atoms with Gasteiger partial charge in [0.1, 0.15) is 5.75 Å². The second kappa shape index (κ2) is 5.50. The van der Waals surface area contributed by atoms with Gasteiger partial charge in [0, 0.05) is 6.04 Å². The zero-order chi connectivity index (χ0) is 13.2. The maximum atomic E-state index is 6.46. The summed E-state index contributed by atoms with van der Waals surface area (Å²) in [5.41, 5.74) is 7.79. The van der Waals surface area contributed by atoms with Crippen LogP contribution in [-0.4, -0.2) is 7.11 Å². The lowest BCUT2D eigenvalue weighted by Crippen LogP contribution is -2.33. The van der Waals surface area contributed by atoms with Crippen LogP contribution in [0.4, 0.5) is 0 Å². The van der Waals surface area contributed by atoms with E-state index in [4.69, 9.17) is 22.1 Å². The number of benzene rings is 1. The average molecular weight is 268 g/mol. The number of halogens is 1. The van der Waals surface area contributed by atoms with E-state index < -0.39 is 0 Å². The van der Waals surface area contributed by atoms with E-state index in [-0.39, 0.29) is 11.5 Å². The first-order valence-electron chi connectivity index (χ1n) is 6.66. The molecule has 100 valence electrons. The number of ether oxygens (including phenoxy) is 1. The molecular weight excluding hydrogens is 246 g/mol. The first-order chi connectivity index (χ1) is 8.57. The predicted octanol–water partition coefficient (Wildman–Crippen LogP) is 4.32. The molecule has 2 nitrogen and oxygen atoms in total. The maximum absolute atomic E-state index is 6.46. The van der Waals surface area contributed by atoms with Crippen LogP contribution in [0.25, 0.3) is 0 Å². The van der Waals surface area contributed by atoms with Crippen molar-refractivity contribution in [3.05, 3.63) is 28.8 Å². The van der Waals surface area contributed by atoms with Gasteiger partial charge in [-0.15, -0.1) is 0 Å². The molecule has 1 fully saturated rings. The number of rotatable bonds is 3. The molecule has 18 heavy (non-hydrogen) atoms. The van der Waals surface area contributed by atoms with Crippen LogP contribution in [0.5, 0.6) is 5.75 Å². The van der Waals surface area contributed by atoms with Crippen molar-refractivity contribution in [3.8, 4) is 5.75 Å². The van der Waals surface area contributed by atoms with E-state index in [0.29, 0.717) is 10.8 Å². The van der Waals surface area contributed by atoms with Crippen LogP contribution >= 0.6 is 11.6 Å². The lowest BCUT2D eigenvalue weighted by atomic mass is 9.69. The Morgan fingerprint density at radius 3 is 2.50 bits per heavy atom. The van der Waals surface area contributed by atoms with Crippen molar-refractivity contribution in [2.45, 2.75) is 45.1 Å². The van der Waals surface area contributed by atoms with Gasteiger partial charge in [-0.1, -0.05) is 43.9 Å². The highest BCUT2D eigenvalue weighted by molar-refractivity contribution is 6.32. The summed E-state index contributed by atoms with van der Waals surface area (Å²) in [7, 11) is 1.63. The highest BCUT2D eigenvalue weighted by Gasteiger charge is 2.34. The highest BCUT2D eigenvalue weighted by atomic mass is 35.5. The second-order valence-electron chi connectivity index (χ2n) is 5.59. The van der Waals surface area contributed by atoms with E-state index >= 15 is 0 Å². The highest BCUT2D eigenvalue weighted by Crippen LogP contribution is 2.45. The monoisotopic (exact) mass is 267 g/mol. The first kappa shape index (κ1) is 13.7. The number of nitrogens with two attached hydrogens (primary N) is 1. The smallest absolute Gasteiger partial charge is 0.137 e. The number of methoxy groups -OCH3 is 1. The zero-order valence-corrected chi connectivity index (χ0v) is 12.0. The van der Waals surface area contributed by atoms with E-state index in [1.807, 2.05) is 18.2 Å². The Balaban J connectivity index is 2.22. The largest absolute Gasteiger partial charge is 0.495 e. The Hall–Kier alpha value is -0.730. The predicted molar refractivity (Wildman–Crippen MR) is 76.1 cm³/mol. The third-order valence-corrected chi connectivity index (χ3v) is 4.58. The van der Waals surface area contributed by atoms with Gasteiger partial charge in [0.15, 0.2) is 0 Å². The SMILES string of the molecule is COc1ccc(C(N)C2(C)CCCCC2)cc1Cl. The lowest BCUT2D eigenvalue weighted by molar-refractivity contribution is 0.170. The maximum Gasteiger partial charge on any atom is 0.137 e. The molecule has 1 aromatic carbocycles. The molecule has 0 amide bonds. The molecule has 1 aromatic rings. The van der Waals surface area contributed by atoms with Crippen LogP contribution in [0.15, 0.2) is 18.2 Å². The Bertz CT molecular complexity index is 413. The molecule has 1 aliphatic rings. The molecule has 0 aliphatic heterocycles. The van der Waals surface area contributed by atoms with Crippen molar-refractivity contribution in [1.29, 1.82) is 0 Å². The average Bonchev–Trinajstić information content (AvgIpc) is 2.38. The Kier molecular flexibility index (Phi) is 4.18. The van der Waals surface area contributed by atoms with Crippen molar-refractivity contribution in [2.24, 2.45) is 11.1 Å². The molecule has 1 aliphatic carbocycles. The Labute approximate surface area is 114 Å². The summed E-state index contributed by atoms with van der Waals surface area (Å²) in [6.07, 6.45) is 6.32. The number of hydrogen-bond donors (Lipinski definition) is 1. The summed E-state index contributed by atoms with van der Waals surface area (Å²) in [5.74, 6) is 0.710. The van der Waals surface area contributed by atoms with E-state index in [1.54, 1.807) is 7.11 Å². The summed E-state index contributed by atoms with van der Waals surface area (Å²) in [5, 5.41) is 0.643. The van der Waals surface area contributed by atoms with Crippen molar-refractivity contribution < 1.29 is 4.74 Å². The molecule has 1 unspecified atom stereocenters. The van der Waals surface area contributed by atoms with Gasteiger partial charge >= 0.3 is 0 Å². The molecule has 1 saturated carbocycles. The molecule has 0 saturated heterocycles. The molecule has 0 aromatic heterocycles. The van der Waals surface area contributed by atoms with Crippen LogP contribution in [0.2, 0.25) is 5.02 Å². The summed E-state index contributed by atoms with van der Waals surface area (Å²) in [6, 6.07) is 5.95. The molecule has 2 N–H and O–H groups in total. The van der Waals surface area contributed by atoms with Gasteiger partial charge in [-0.05, 0) is 36.0 Å². The van der Waals surface area contributed by atoms with Gasteiger partial charge in [-0.3, -0.25) is 0 Å². The minimum Gasteiger partial charge on any atom is -0.495 e. The molecule has 3 heteroatoms. The molecule has 1 atom stereocenters. The van der Waals surface area contributed by atoms with Crippen LogP contribution in [-0.2, 0) is 0 Å². The van der Waals surface area contributed by atoms with Crippen LogP contribution in [0.1, 0.15) is 50.6 Å². The van der Waals surface area contributed by atoms with Crippen molar-refractivity contribution in [2.75, 3.05) is 7.11 Å². The molecule has 0 bridgehead atoms. The molecule has 0 heterocycles. The van der Waals surface area contributed by atoms with E-state index in [9.17, 15) is 0 Å². The Morgan fingerprint density at radius 1 is 1.28 bits per heavy atom. The Morgan fingerprint density at radius 2 is 1.94 bits per heavy atom. The lowest BCUT2D eigenvalue weighted by Gasteiger charge is -2.39. The minimum atomic E-state index is 0.0567. The van der Waals surface area contributed by atoms with Gasteiger partial charge in [0.2, 0.25) is 0 Å². The fourth-order valence-corrected chi connectivity index (χ4v) is 3.22. The fourth-order valence-electron chi connectivity index (χ4n) is 2.95. The van der Waals surface area contributed by atoms with E-state index in [0.717, 1.165) is 5.56 Å². The summed E-state index contributed by atoms with van der Waals surface area (Å²) >= 11 is 6.18. The summed E-state index contributed by atoms with van der Waals surface area (Å²) < 4.78 is 5.18. The van der Waals surface area contributed by atoms with Crippen LogP contribution in [0.3, 0.4) is 0 Å². The van der Waals surface area contributed by atoms with E-state index in [1.165, 1.54) is 32.1 Å². The molecule has 2 rings (SSSR count). The van der Waals surface area contributed by atoms with Gasteiger partial charge in [-0.2, -0.15) is 0 Å². The fraction of sp³-hybridized carbons (Fsp3) is 0.600. The third kappa shape index (κ3) is 2.65. The van der Waals surface area contributed by atoms with Gasteiger partial charge < -0.3 is 10.5 Å². The minimum absolute atomic E-state index is 0.0567. The van der Waals surface area contributed by atoms with Gasteiger partial charge in [-0.25, -0.2) is 0 Å². The van der Waals surface area contributed by atoms with Crippen molar-refractivity contribution in [3.63, 3.8) is 0 Å². The van der Waals surface area contributed by atoms with Crippen molar-refractivity contribution >= 4 is 11.6 Å². The molecule has 0 spiro atoms. The quantitative estimate of drug-likeness (QED) is 0.885. The second-order valence-corrected chi connectivity index (χ2v) is 5.99. The van der Waals surface area contributed by atoms with Gasteiger partial charge in [0.25, 0.3) is 0 Å². The van der Waals surface area contributed by atoms with Crippen molar-refractivity contribution in [1.82, 2.24) is 0 Å². The van der Waals surface area contributed by atoms with Gasteiger partial charge in [0.05, 0.1) is 12.1 Å². The van der Waals surface area contributed by atoms with E-state index in [2.05, 4.69) is 6.92 Å². The summed E-state index contributed by atoms with van der Waals surface area (Å²) in [4.78, 5) is 0. The third-order valence-electron chi connectivity index (χ3n) is 4.28. The first-order valence-corrected chi connectivity index (χ1v) is 7.04. The molecule has 0 radical (unpaired) electrons. The van der Waals surface area contributed by atoms with Crippen LogP contribution < -0.4 is 10.5 Å². The standard InChI is InChI=1S/C15H22ClNO/c1-15(8-4-3-5-9-15)14(17)11-6-7-13(18-2)12(16)10-11/h6-7,10,14H,3-5,8-9,17H2,1-2H3. The number of hydrogen-bond acceptors (Lipinski definition) is 2. The summed E-state index contributed by atoms with van der Waals surface area (Å²) in [6.45, 7) is 2.30. The topological polar surface area (TPSA) is 35.2 Å². The zero-order valence-electron chi connectivity index (χ0n) is 11.2. The van der Waals surface area contributed by atoms with Crippen LogP contribution in [0, 0.1) is 5.41 Å².